The van der Waals surface area contributed by atoms with Crippen LogP contribution < -0.4 is 9.50 Å². The Hall–Kier alpha value is -2.49. The van der Waals surface area contributed by atoms with Gasteiger partial charge in [-0.2, -0.15) is 21.6 Å². The van der Waals surface area contributed by atoms with E-state index < -0.39 is 43.4 Å². The van der Waals surface area contributed by atoms with Crippen molar-refractivity contribution in [1.82, 2.24) is 5.32 Å². The first-order valence-corrected chi connectivity index (χ1v) is 10.9. The van der Waals surface area contributed by atoms with Gasteiger partial charge in [-0.1, -0.05) is 65.7 Å². The van der Waals surface area contributed by atoms with E-state index in [1.54, 1.807) is 6.92 Å². The molecule has 1 N–H and O–H groups in total. The molecule has 1 amide bonds. The third-order valence-electron chi connectivity index (χ3n) is 4.37. The molecule has 1 atom stereocenters. The van der Waals surface area contributed by atoms with Gasteiger partial charge >= 0.3 is 15.6 Å². The average molecular weight is 492 g/mol. The van der Waals surface area contributed by atoms with Crippen LogP contribution in [-0.2, 0) is 10.1 Å². The molecule has 11 heteroatoms. The van der Waals surface area contributed by atoms with Gasteiger partial charge in [-0.05, 0) is 35.4 Å². The van der Waals surface area contributed by atoms with Gasteiger partial charge in [0.1, 0.15) is 0 Å². The fraction of sp³-hybridized carbons (Fsp3) is 0.150. The van der Waals surface area contributed by atoms with Crippen molar-refractivity contribution in [2.24, 2.45) is 0 Å². The number of nitrogens with one attached hydrogen (secondary N) is 1. The summed E-state index contributed by atoms with van der Waals surface area (Å²) in [5.74, 6) is -1.53. The van der Waals surface area contributed by atoms with Crippen LogP contribution in [0.3, 0.4) is 0 Å². The quantitative estimate of drug-likeness (QED) is 0.358. The number of halogens is 5. The molecule has 3 aromatic carbocycles. The Morgan fingerprint density at radius 3 is 2.23 bits per heavy atom. The molecule has 3 rings (SSSR count). The Bertz CT molecular complexity index is 1230. The lowest BCUT2D eigenvalue weighted by atomic mass is 9.99. The normalized spacial score (nSPS) is 13.1. The molecule has 164 valence electrons. The van der Waals surface area contributed by atoms with E-state index >= 15 is 0 Å². The van der Waals surface area contributed by atoms with Crippen LogP contribution in [0.4, 0.5) is 13.2 Å². The molecule has 31 heavy (non-hydrogen) atoms. The molecule has 0 spiro atoms. The first-order valence-electron chi connectivity index (χ1n) is 8.69. The molecule has 0 bridgehead atoms. The van der Waals surface area contributed by atoms with Gasteiger partial charge in [-0.15, -0.1) is 0 Å². The van der Waals surface area contributed by atoms with Crippen LogP contribution in [0.5, 0.6) is 5.75 Å². The highest BCUT2D eigenvalue weighted by Gasteiger charge is 2.49. The maximum absolute atomic E-state index is 12.7. The van der Waals surface area contributed by atoms with Crippen molar-refractivity contribution in [3.8, 4) is 5.75 Å². The summed E-state index contributed by atoms with van der Waals surface area (Å²) >= 11 is 11.7. The average Bonchev–Trinajstić information content (AvgIpc) is 2.69. The number of carbonyl (C=O) groups excluding carboxylic acids is 1. The summed E-state index contributed by atoms with van der Waals surface area (Å²) in [6.45, 7) is 1.76. The minimum Gasteiger partial charge on any atom is -0.373 e. The first kappa shape index (κ1) is 23.2. The highest BCUT2D eigenvalue weighted by atomic mass is 35.5. The summed E-state index contributed by atoms with van der Waals surface area (Å²) in [5, 5.41) is 3.55. The lowest BCUT2D eigenvalue weighted by Crippen LogP contribution is -2.28. The standard InChI is InChI=1S/C20H14Cl2F3NO4S/c1-11(14-8-4-6-12-5-2-3-7-15(12)14)26-19(27)13-9-16(21)18(17(22)10-13)30-31(28,29)20(23,24)25/h2-11H,1H3,(H,26,27)/t11-/m1/s1. The zero-order valence-electron chi connectivity index (χ0n) is 15.7. The molecule has 0 heterocycles. The highest BCUT2D eigenvalue weighted by molar-refractivity contribution is 7.88. The monoisotopic (exact) mass is 491 g/mol. The summed E-state index contributed by atoms with van der Waals surface area (Å²) in [6, 6.07) is 14.7. The van der Waals surface area contributed by atoms with Gasteiger partial charge < -0.3 is 9.50 Å². The number of carbonyl (C=O) groups is 1. The van der Waals surface area contributed by atoms with Gasteiger partial charge in [0.25, 0.3) is 5.91 Å². The van der Waals surface area contributed by atoms with E-state index in [9.17, 15) is 26.4 Å². The van der Waals surface area contributed by atoms with Crippen LogP contribution in [-0.4, -0.2) is 19.8 Å². The van der Waals surface area contributed by atoms with Gasteiger partial charge in [0.15, 0.2) is 5.75 Å². The molecule has 0 unspecified atom stereocenters. The van der Waals surface area contributed by atoms with Crippen molar-refractivity contribution in [3.05, 3.63) is 75.8 Å². The van der Waals surface area contributed by atoms with E-state index in [1.807, 2.05) is 42.5 Å². The molecular formula is C20H14Cl2F3NO4S. The molecule has 0 aliphatic carbocycles. The lowest BCUT2D eigenvalue weighted by molar-refractivity contribution is -0.0500. The zero-order chi connectivity index (χ0) is 23.0. The van der Waals surface area contributed by atoms with E-state index in [1.165, 1.54) is 0 Å². The molecule has 0 radical (unpaired) electrons. The Morgan fingerprint density at radius 2 is 1.61 bits per heavy atom. The number of rotatable bonds is 5. The second kappa shape index (κ2) is 8.57. The van der Waals surface area contributed by atoms with Gasteiger partial charge in [0.05, 0.1) is 16.1 Å². The summed E-state index contributed by atoms with van der Waals surface area (Å²) < 4.78 is 64.1. The van der Waals surface area contributed by atoms with E-state index in [-0.39, 0.29) is 5.56 Å². The fourth-order valence-electron chi connectivity index (χ4n) is 2.91. The molecule has 0 aromatic heterocycles. The number of hydrogen-bond acceptors (Lipinski definition) is 4. The summed E-state index contributed by atoms with van der Waals surface area (Å²) in [4.78, 5) is 12.7. The SMILES string of the molecule is C[C@@H](NC(=O)c1cc(Cl)c(OS(=O)(=O)C(F)(F)F)c(Cl)c1)c1cccc2ccccc12. The second-order valence-electron chi connectivity index (χ2n) is 6.52. The minimum absolute atomic E-state index is 0.0844. The molecule has 5 nitrogen and oxygen atoms in total. The third kappa shape index (κ3) is 4.89. The van der Waals surface area contributed by atoms with Crippen LogP contribution in [0.25, 0.3) is 10.8 Å². The number of fused-ring (bicyclic) bond motifs is 1. The van der Waals surface area contributed by atoms with Crippen molar-refractivity contribution >= 4 is 50.0 Å². The van der Waals surface area contributed by atoms with Crippen molar-refractivity contribution in [2.45, 2.75) is 18.5 Å². The van der Waals surface area contributed by atoms with Gasteiger partial charge in [-0.25, -0.2) is 0 Å². The topological polar surface area (TPSA) is 72.5 Å². The number of benzene rings is 3. The minimum atomic E-state index is -5.97. The van der Waals surface area contributed by atoms with Crippen molar-refractivity contribution in [1.29, 1.82) is 0 Å². The summed E-state index contributed by atoms with van der Waals surface area (Å²) in [6.07, 6.45) is 0. The molecule has 0 aliphatic rings. The maximum atomic E-state index is 12.7. The zero-order valence-corrected chi connectivity index (χ0v) is 18.0. The molecule has 3 aromatic rings. The van der Waals surface area contributed by atoms with Crippen molar-refractivity contribution in [2.75, 3.05) is 0 Å². The van der Waals surface area contributed by atoms with Gasteiger partial charge in [0, 0.05) is 5.56 Å². The lowest BCUT2D eigenvalue weighted by Gasteiger charge is -2.17. The Morgan fingerprint density at radius 1 is 1.03 bits per heavy atom. The van der Waals surface area contributed by atoms with E-state index in [0.717, 1.165) is 28.5 Å². The Kier molecular flexibility index (Phi) is 6.40. The van der Waals surface area contributed by atoms with Crippen LogP contribution in [0.1, 0.15) is 28.9 Å². The van der Waals surface area contributed by atoms with Crippen LogP contribution in [0.15, 0.2) is 54.6 Å². The summed E-state index contributed by atoms with van der Waals surface area (Å²) in [5.41, 5.74) is -4.90. The van der Waals surface area contributed by atoms with E-state index in [0.29, 0.717) is 0 Å². The number of hydrogen-bond donors (Lipinski definition) is 1. The van der Waals surface area contributed by atoms with Gasteiger partial charge in [-0.3, -0.25) is 4.79 Å². The molecule has 0 saturated carbocycles. The fourth-order valence-corrected chi connectivity index (χ4v) is 4.06. The van der Waals surface area contributed by atoms with E-state index in [2.05, 4.69) is 9.50 Å². The Labute approximate surface area is 185 Å². The molecule has 0 saturated heterocycles. The van der Waals surface area contributed by atoms with Crippen LogP contribution in [0.2, 0.25) is 10.0 Å². The van der Waals surface area contributed by atoms with Crippen LogP contribution >= 0.6 is 23.2 Å². The largest absolute Gasteiger partial charge is 0.534 e. The molecular weight excluding hydrogens is 478 g/mol. The number of alkyl halides is 3. The predicted octanol–water partition coefficient (Wildman–Crippen LogP) is 5.87. The maximum Gasteiger partial charge on any atom is 0.534 e. The van der Waals surface area contributed by atoms with E-state index in [4.69, 9.17) is 23.2 Å². The molecule has 0 aliphatic heterocycles. The van der Waals surface area contributed by atoms with Gasteiger partial charge in [0.2, 0.25) is 0 Å². The summed E-state index contributed by atoms with van der Waals surface area (Å²) in [7, 11) is -5.97. The third-order valence-corrected chi connectivity index (χ3v) is 5.89. The van der Waals surface area contributed by atoms with Crippen LogP contribution in [0, 0.1) is 0 Å². The number of amides is 1. The Balaban J connectivity index is 1.86. The first-order chi connectivity index (χ1) is 14.4. The second-order valence-corrected chi connectivity index (χ2v) is 8.87. The van der Waals surface area contributed by atoms with Crippen molar-refractivity contribution < 1.29 is 30.6 Å². The van der Waals surface area contributed by atoms with Crippen molar-refractivity contribution in [3.63, 3.8) is 0 Å². The predicted molar refractivity (Wildman–Crippen MR) is 112 cm³/mol. The molecule has 0 fully saturated rings. The smallest absolute Gasteiger partial charge is 0.373 e. The highest BCUT2D eigenvalue weighted by Crippen LogP contribution is 2.38.